The maximum atomic E-state index is 9.53. The molecule has 1 N–H and O–H groups in total. The van der Waals surface area contributed by atoms with Gasteiger partial charge in [0.05, 0.1) is 12.8 Å². The van der Waals surface area contributed by atoms with E-state index in [1.54, 1.807) is 6.26 Å². The largest absolute Gasteiger partial charge is 0.468 e. The van der Waals surface area contributed by atoms with Crippen molar-refractivity contribution >= 4 is 0 Å². The maximum absolute atomic E-state index is 9.53. The fourth-order valence-corrected chi connectivity index (χ4v) is 4.55. The number of aliphatic hydroxyl groups excluding tert-OH is 1. The Kier molecular flexibility index (Phi) is 6.78. The van der Waals surface area contributed by atoms with Gasteiger partial charge in [-0.25, -0.2) is 0 Å². The average molecular weight is 364 g/mol. The Hall–Kier alpha value is -0.880. The minimum absolute atomic E-state index is 0.292. The van der Waals surface area contributed by atoms with E-state index in [-0.39, 0.29) is 0 Å². The molecule has 2 saturated heterocycles. The van der Waals surface area contributed by atoms with E-state index in [0.717, 1.165) is 51.4 Å². The molecule has 0 radical (unpaired) electrons. The number of piperazine rings is 1. The summed E-state index contributed by atoms with van der Waals surface area (Å²) < 4.78 is 5.49. The number of nitrogens with zero attached hydrogens (tertiary/aromatic N) is 3. The fourth-order valence-electron chi connectivity index (χ4n) is 4.55. The van der Waals surface area contributed by atoms with Crippen LogP contribution in [0.25, 0.3) is 0 Å². The summed E-state index contributed by atoms with van der Waals surface area (Å²) in [7, 11) is 0. The van der Waals surface area contributed by atoms with Gasteiger partial charge in [0.1, 0.15) is 5.76 Å². The van der Waals surface area contributed by atoms with E-state index in [1.165, 1.54) is 19.4 Å². The topological polar surface area (TPSA) is 43.1 Å². The predicted molar refractivity (Wildman–Crippen MR) is 105 cm³/mol. The van der Waals surface area contributed by atoms with Crippen molar-refractivity contribution in [3.05, 3.63) is 24.2 Å². The van der Waals surface area contributed by atoms with Crippen molar-refractivity contribution in [1.29, 1.82) is 0 Å². The first-order valence-electron chi connectivity index (χ1n) is 10.3. The summed E-state index contributed by atoms with van der Waals surface area (Å²) in [5, 5.41) is 9.53. The Bertz CT molecular complexity index is 518. The van der Waals surface area contributed by atoms with E-state index in [4.69, 9.17) is 4.42 Å². The minimum atomic E-state index is 0.292. The van der Waals surface area contributed by atoms with Crippen LogP contribution in [0, 0.1) is 5.41 Å². The van der Waals surface area contributed by atoms with Crippen molar-refractivity contribution in [3.8, 4) is 0 Å². The van der Waals surface area contributed by atoms with Crippen LogP contribution in [0.3, 0.4) is 0 Å². The van der Waals surface area contributed by atoms with Gasteiger partial charge >= 0.3 is 0 Å². The molecule has 2 fully saturated rings. The molecule has 0 spiro atoms. The number of hydrogen-bond acceptors (Lipinski definition) is 5. The van der Waals surface area contributed by atoms with Crippen molar-refractivity contribution < 1.29 is 9.52 Å². The summed E-state index contributed by atoms with van der Waals surface area (Å²) in [4.78, 5) is 7.82. The molecule has 3 rings (SSSR count). The molecule has 5 nitrogen and oxygen atoms in total. The van der Waals surface area contributed by atoms with E-state index in [1.807, 2.05) is 6.07 Å². The second-order valence-electron chi connectivity index (χ2n) is 9.28. The van der Waals surface area contributed by atoms with E-state index in [0.29, 0.717) is 24.1 Å². The molecule has 148 valence electrons. The summed E-state index contributed by atoms with van der Waals surface area (Å²) in [5.41, 5.74) is 0.313. The molecule has 0 aromatic carbocycles. The molecule has 1 aromatic heterocycles. The summed E-state index contributed by atoms with van der Waals surface area (Å²) in [6.07, 6.45) is 5.14. The molecule has 0 aliphatic carbocycles. The van der Waals surface area contributed by atoms with E-state index >= 15 is 0 Å². The highest BCUT2D eigenvalue weighted by atomic mass is 16.3. The lowest BCUT2D eigenvalue weighted by Crippen LogP contribution is -2.58. The number of aliphatic hydroxyl groups is 1. The number of furan rings is 1. The van der Waals surface area contributed by atoms with Gasteiger partial charge in [-0.3, -0.25) is 14.7 Å². The fraction of sp³-hybridized carbons (Fsp3) is 0.810. The molecule has 3 heterocycles. The zero-order chi connectivity index (χ0) is 18.6. The summed E-state index contributed by atoms with van der Waals surface area (Å²) >= 11 is 0. The molecule has 2 aliphatic rings. The van der Waals surface area contributed by atoms with Crippen molar-refractivity contribution in [2.75, 3.05) is 45.9 Å². The Balaban J connectivity index is 1.49. The average Bonchev–Trinajstić information content (AvgIpc) is 3.09. The van der Waals surface area contributed by atoms with Crippen molar-refractivity contribution in [2.45, 2.75) is 58.7 Å². The molecule has 1 atom stereocenters. The SMILES string of the molecule is CC(C)(C)CN1CCN(C2CCN(Cc3ccco3)CC2)C[C@H]1CCO. The highest BCUT2D eigenvalue weighted by molar-refractivity contribution is 4.98. The third kappa shape index (κ3) is 5.56. The lowest BCUT2D eigenvalue weighted by molar-refractivity contribution is 0.00242. The summed E-state index contributed by atoms with van der Waals surface area (Å²) in [6, 6.07) is 5.23. The molecule has 5 heteroatoms. The molecule has 0 bridgehead atoms. The Labute approximate surface area is 158 Å². The van der Waals surface area contributed by atoms with Crippen LogP contribution >= 0.6 is 0 Å². The van der Waals surface area contributed by atoms with Crippen molar-refractivity contribution in [3.63, 3.8) is 0 Å². The molecule has 1 aromatic rings. The quantitative estimate of drug-likeness (QED) is 0.842. The Morgan fingerprint density at radius 2 is 1.92 bits per heavy atom. The van der Waals surface area contributed by atoms with Crippen LogP contribution in [0.1, 0.15) is 45.8 Å². The van der Waals surface area contributed by atoms with Gasteiger partial charge in [-0.1, -0.05) is 20.8 Å². The number of rotatable bonds is 6. The molecule has 2 aliphatic heterocycles. The predicted octanol–water partition coefficient (Wildman–Crippen LogP) is 2.66. The first-order chi connectivity index (χ1) is 12.4. The van der Waals surface area contributed by atoms with Crippen LogP contribution < -0.4 is 0 Å². The van der Waals surface area contributed by atoms with Crippen LogP contribution in [0.2, 0.25) is 0 Å². The molecule has 0 unspecified atom stereocenters. The molecular formula is C21H37N3O2. The first kappa shape index (κ1) is 19.9. The van der Waals surface area contributed by atoms with Gasteiger partial charge in [0.15, 0.2) is 0 Å². The molecular weight excluding hydrogens is 326 g/mol. The number of piperidine rings is 1. The second kappa shape index (κ2) is 8.87. The van der Waals surface area contributed by atoms with Crippen LogP contribution in [0.15, 0.2) is 22.8 Å². The van der Waals surface area contributed by atoms with Gasteiger partial charge in [-0.05, 0) is 36.8 Å². The second-order valence-corrected chi connectivity index (χ2v) is 9.28. The standard InChI is InChI=1S/C21H37N3O2/c1-21(2,3)17-24-12-11-23(15-19(24)8-13-25)18-6-9-22(10-7-18)16-20-5-4-14-26-20/h4-5,14,18-19,25H,6-13,15-17H2,1-3H3/t19-/m1/s1. The number of likely N-dealkylation sites (tertiary alicyclic amines) is 1. The molecule has 0 amide bonds. The third-order valence-electron chi connectivity index (χ3n) is 5.81. The third-order valence-corrected chi connectivity index (χ3v) is 5.81. The van der Waals surface area contributed by atoms with E-state index in [2.05, 4.69) is 41.5 Å². The molecule has 26 heavy (non-hydrogen) atoms. The zero-order valence-electron chi connectivity index (χ0n) is 16.9. The van der Waals surface area contributed by atoms with E-state index in [9.17, 15) is 5.11 Å². The smallest absolute Gasteiger partial charge is 0.117 e. The lowest BCUT2D eigenvalue weighted by atomic mass is 9.93. The zero-order valence-corrected chi connectivity index (χ0v) is 16.9. The first-order valence-corrected chi connectivity index (χ1v) is 10.3. The van der Waals surface area contributed by atoms with Crippen LogP contribution in [0.5, 0.6) is 0 Å². The molecule has 0 saturated carbocycles. The Morgan fingerprint density at radius 1 is 1.15 bits per heavy atom. The van der Waals surface area contributed by atoms with Gasteiger partial charge in [-0.2, -0.15) is 0 Å². The number of hydrogen-bond donors (Lipinski definition) is 1. The van der Waals surface area contributed by atoms with Gasteiger partial charge in [0, 0.05) is 58.0 Å². The van der Waals surface area contributed by atoms with Gasteiger partial charge < -0.3 is 9.52 Å². The van der Waals surface area contributed by atoms with Gasteiger partial charge in [0.2, 0.25) is 0 Å². The van der Waals surface area contributed by atoms with Gasteiger partial charge in [-0.15, -0.1) is 0 Å². The van der Waals surface area contributed by atoms with Crippen molar-refractivity contribution in [1.82, 2.24) is 14.7 Å². The van der Waals surface area contributed by atoms with Crippen LogP contribution in [-0.4, -0.2) is 77.8 Å². The Morgan fingerprint density at radius 3 is 2.54 bits per heavy atom. The lowest BCUT2D eigenvalue weighted by Gasteiger charge is -2.47. The van der Waals surface area contributed by atoms with Crippen molar-refractivity contribution in [2.24, 2.45) is 5.41 Å². The maximum Gasteiger partial charge on any atom is 0.117 e. The minimum Gasteiger partial charge on any atom is -0.468 e. The highest BCUT2D eigenvalue weighted by Gasteiger charge is 2.33. The summed E-state index contributed by atoms with van der Waals surface area (Å²) in [6.45, 7) is 15.0. The van der Waals surface area contributed by atoms with E-state index < -0.39 is 0 Å². The summed E-state index contributed by atoms with van der Waals surface area (Å²) in [5.74, 6) is 1.07. The highest BCUT2D eigenvalue weighted by Crippen LogP contribution is 2.25. The normalized spacial score (nSPS) is 25.0. The van der Waals surface area contributed by atoms with Gasteiger partial charge in [0.25, 0.3) is 0 Å². The monoisotopic (exact) mass is 363 g/mol. The van der Waals surface area contributed by atoms with Crippen LogP contribution in [-0.2, 0) is 6.54 Å². The van der Waals surface area contributed by atoms with Crippen LogP contribution in [0.4, 0.5) is 0 Å².